The lowest BCUT2D eigenvalue weighted by atomic mass is 9.98. The van der Waals surface area contributed by atoms with E-state index in [4.69, 9.17) is 4.42 Å². The van der Waals surface area contributed by atoms with Crippen molar-refractivity contribution in [3.05, 3.63) is 17.9 Å². The second kappa shape index (κ2) is 6.74. The second-order valence-electron chi connectivity index (χ2n) is 5.59. The molecule has 2 N–H and O–H groups in total. The van der Waals surface area contributed by atoms with E-state index in [2.05, 4.69) is 17.0 Å². The van der Waals surface area contributed by atoms with Gasteiger partial charge in [0.25, 0.3) is 10.0 Å². The highest BCUT2D eigenvalue weighted by Crippen LogP contribution is 2.25. The molecule has 1 heterocycles. The van der Waals surface area contributed by atoms with Crippen molar-refractivity contribution in [2.24, 2.45) is 5.92 Å². The molecule has 114 valence electrons. The third-order valence-electron chi connectivity index (χ3n) is 3.92. The monoisotopic (exact) mass is 300 g/mol. The maximum atomic E-state index is 12.4. The molecule has 2 rings (SSSR count). The van der Waals surface area contributed by atoms with Crippen molar-refractivity contribution in [1.82, 2.24) is 10.0 Å². The average molecular weight is 300 g/mol. The zero-order chi connectivity index (χ0) is 14.6. The van der Waals surface area contributed by atoms with Crippen LogP contribution in [0.15, 0.2) is 21.6 Å². The molecular formula is C14H24N2O3S. The van der Waals surface area contributed by atoms with Gasteiger partial charge in [-0.25, -0.2) is 13.1 Å². The Morgan fingerprint density at radius 1 is 1.25 bits per heavy atom. The molecule has 1 aromatic rings. The van der Waals surface area contributed by atoms with E-state index in [0.717, 1.165) is 19.3 Å². The van der Waals surface area contributed by atoms with Crippen LogP contribution in [0.5, 0.6) is 0 Å². The Balaban J connectivity index is 2.08. The second-order valence-corrected chi connectivity index (χ2v) is 7.24. The minimum atomic E-state index is -3.55. The van der Waals surface area contributed by atoms with Crippen LogP contribution in [-0.2, 0) is 16.6 Å². The normalized spacial score (nSPS) is 24.5. The Hall–Kier alpha value is -0.850. The van der Waals surface area contributed by atoms with Crippen molar-refractivity contribution in [3.8, 4) is 0 Å². The van der Waals surface area contributed by atoms with Crippen molar-refractivity contribution in [1.29, 1.82) is 0 Å². The standard InChI is InChI=1S/C14H24N2O3S/c1-11-6-4-3-5-7-13(11)16-20(17,18)14-9-8-12(19-14)10-15-2/h8-9,11,13,15-16H,3-7,10H2,1-2H3. The number of sulfonamides is 1. The molecule has 2 unspecified atom stereocenters. The van der Waals surface area contributed by atoms with Crippen LogP contribution in [0.1, 0.15) is 44.8 Å². The predicted molar refractivity (Wildman–Crippen MR) is 77.8 cm³/mol. The number of nitrogens with one attached hydrogen (secondary N) is 2. The molecule has 2 atom stereocenters. The first-order valence-corrected chi connectivity index (χ1v) is 8.77. The number of hydrogen-bond acceptors (Lipinski definition) is 4. The Morgan fingerprint density at radius 3 is 2.75 bits per heavy atom. The van der Waals surface area contributed by atoms with Crippen LogP contribution in [0.25, 0.3) is 0 Å². The van der Waals surface area contributed by atoms with Crippen LogP contribution in [0.2, 0.25) is 0 Å². The Bertz CT molecular complexity index is 524. The smallest absolute Gasteiger partial charge is 0.274 e. The lowest BCUT2D eigenvalue weighted by Gasteiger charge is -2.21. The molecule has 6 heteroatoms. The van der Waals surface area contributed by atoms with Crippen LogP contribution in [0.3, 0.4) is 0 Å². The predicted octanol–water partition coefficient (Wildman–Crippen LogP) is 2.25. The fraction of sp³-hybridized carbons (Fsp3) is 0.714. The van der Waals surface area contributed by atoms with Crippen molar-refractivity contribution in [3.63, 3.8) is 0 Å². The fourth-order valence-corrected chi connectivity index (χ4v) is 4.03. The third-order valence-corrected chi connectivity index (χ3v) is 5.28. The van der Waals surface area contributed by atoms with E-state index < -0.39 is 10.0 Å². The quantitative estimate of drug-likeness (QED) is 0.818. The molecule has 1 aromatic heterocycles. The van der Waals surface area contributed by atoms with E-state index in [1.54, 1.807) is 13.1 Å². The largest absolute Gasteiger partial charge is 0.447 e. The minimum absolute atomic E-state index is 0.0131. The highest BCUT2D eigenvalue weighted by molar-refractivity contribution is 7.89. The zero-order valence-electron chi connectivity index (χ0n) is 12.2. The van der Waals surface area contributed by atoms with Crippen LogP contribution in [0.4, 0.5) is 0 Å². The molecule has 0 amide bonds. The topological polar surface area (TPSA) is 71.3 Å². The summed E-state index contributed by atoms with van der Waals surface area (Å²) >= 11 is 0. The van der Waals surface area contributed by atoms with E-state index in [1.807, 2.05) is 0 Å². The molecule has 1 aliphatic rings. The molecule has 0 aliphatic heterocycles. The van der Waals surface area contributed by atoms with Crippen molar-refractivity contribution < 1.29 is 12.8 Å². The summed E-state index contributed by atoms with van der Waals surface area (Å²) in [7, 11) is -1.76. The lowest BCUT2D eigenvalue weighted by Crippen LogP contribution is -2.38. The zero-order valence-corrected chi connectivity index (χ0v) is 13.0. The van der Waals surface area contributed by atoms with E-state index in [0.29, 0.717) is 18.2 Å². The van der Waals surface area contributed by atoms with Crippen molar-refractivity contribution >= 4 is 10.0 Å². The average Bonchev–Trinajstić information content (AvgIpc) is 2.78. The van der Waals surface area contributed by atoms with Crippen LogP contribution >= 0.6 is 0 Å². The van der Waals surface area contributed by atoms with E-state index in [-0.39, 0.29) is 11.1 Å². The molecule has 20 heavy (non-hydrogen) atoms. The molecule has 0 saturated heterocycles. The van der Waals surface area contributed by atoms with Gasteiger partial charge in [-0.05, 0) is 37.9 Å². The van der Waals surface area contributed by atoms with Gasteiger partial charge in [0.2, 0.25) is 5.09 Å². The van der Waals surface area contributed by atoms with Crippen LogP contribution in [0, 0.1) is 5.92 Å². The maximum absolute atomic E-state index is 12.4. The molecule has 1 aliphatic carbocycles. The summed E-state index contributed by atoms with van der Waals surface area (Å²) in [5, 5.41) is 2.95. The maximum Gasteiger partial charge on any atom is 0.274 e. The van der Waals surface area contributed by atoms with E-state index in [9.17, 15) is 8.42 Å². The van der Waals surface area contributed by atoms with Crippen LogP contribution < -0.4 is 10.0 Å². The number of rotatable bonds is 5. The van der Waals surface area contributed by atoms with E-state index >= 15 is 0 Å². The molecule has 1 saturated carbocycles. The van der Waals surface area contributed by atoms with E-state index in [1.165, 1.54) is 18.9 Å². The molecular weight excluding hydrogens is 276 g/mol. The first-order chi connectivity index (χ1) is 9.53. The van der Waals surface area contributed by atoms with Crippen LogP contribution in [-0.4, -0.2) is 21.5 Å². The highest BCUT2D eigenvalue weighted by Gasteiger charge is 2.27. The summed E-state index contributed by atoms with van der Waals surface area (Å²) < 4.78 is 32.9. The van der Waals surface area contributed by atoms with Gasteiger partial charge in [-0.2, -0.15) is 0 Å². The summed E-state index contributed by atoms with van der Waals surface area (Å²) in [4.78, 5) is 0. The SMILES string of the molecule is CNCc1ccc(S(=O)(=O)NC2CCCCCC2C)o1. The van der Waals surface area contributed by atoms with Gasteiger partial charge in [-0.15, -0.1) is 0 Å². The molecule has 0 radical (unpaired) electrons. The van der Waals surface area contributed by atoms with Crippen molar-refractivity contribution in [2.45, 2.75) is 56.7 Å². The highest BCUT2D eigenvalue weighted by atomic mass is 32.2. The molecule has 5 nitrogen and oxygen atoms in total. The Labute approximate surface area is 121 Å². The molecule has 0 aromatic carbocycles. The van der Waals surface area contributed by atoms with Gasteiger partial charge < -0.3 is 9.73 Å². The van der Waals surface area contributed by atoms with Gasteiger partial charge in [-0.3, -0.25) is 0 Å². The van der Waals surface area contributed by atoms with Gasteiger partial charge >= 0.3 is 0 Å². The Kier molecular flexibility index (Phi) is 5.23. The van der Waals surface area contributed by atoms with Gasteiger partial charge in [0.1, 0.15) is 5.76 Å². The molecule has 0 bridgehead atoms. The molecule has 0 spiro atoms. The van der Waals surface area contributed by atoms with Gasteiger partial charge in [0.15, 0.2) is 0 Å². The van der Waals surface area contributed by atoms with Gasteiger partial charge in [0, 0.05) is 6.04 Å². The minimum Gasteiger partial charge on any atom is -0.447 e. The summed E-state index contributed by atoms with van der Waals surface area (Å²) in [6, 6.07) is 3.23. The summed E-state index contributed by atoms with van der Waals surface area (Å²) in [5.74, 6) is 1.00. The third kappa shape index (κ3) is 3.84. The first-order valence-electron chi connectivity index (χ1n) is 7.28. The van der Waals surface area contributed by atoms with Crippen molar-refractivity contribution in [2.75, 3.05) is 7.05 Å². The molecule has 1 fully saturated rings. The summed E-state index contributed by atoms with van der Waals surface area (Å²) in [5.41, 5.74) is 0. The lowest BCUT2D eigenvalue weighted by molar-refractivity contribution is 0.378. The summed E-state index contributed by atoms with van der Waals surface area (Å²) in [6.07, 6.45) is 5.45. The first kappa shape index (κ1) is 15.5. The van der Waals surface area contributed by atoms with Gasteiger partial charge in [0.05, 0.1) is 6.54 Å². The number of furan rings is 1. The summed E-state index contributed by atoms with van der Waals surface area (Å²) in [6.45, 7) is 2.64. The fourth-order valence-electron chi connectivity index (χ4n) is 2.70. The Morgan fingerprint density at radius 2 is 2.00 bits per heavy atom. The van der Waals surface area contributed by atoms with Gasteiger partial charge in [-0.1, -0.05) is 26.2 Å². The number of hydrogen-bond donors (Lipinski definition) is 2.